The average molecular weight is 931 g/mol. The van der Waals surface area contributed by atoms with Crippen LogP contribution >= 0.6 is 15.6 Å². The van der Waals surface area contributed by atoms with E-state index in [4.69, 9.17) is 38.5 Å². The zero-order valence-electron chi connectivity index (χ0n) is 31.9. The summed E-state index contributed by atoms with van der Waals surface area (Å²) >= 11 is 0. The van der Waals surface area contributed by atoms with Crippen LogP contribution in [-0.4, -0.2) is 119 Å². The summed E-state index contributed by atoms with van der Waals surface area (Å²) in [7, 11) is -10.1. The molecule has 0 radical (unpaired) electrons. The normalized spacial score (nSPS) is 10.3. The molecule has 0 aliphatic carbocycles. The predicted molar refractivity (Wildman–Crippen MR) is 216 cm³/mol. The Kier molecular flexibility index (Phi) is 27.3. The number of rotatable bonds is 15. The second-order valence-electron chi connectivity index (χ2n) is 11.3. The first kappa shape index (κ1) is 57.1. The molecule has 0 heterocycles. The largest absolute Gasteiger partial charge is 0.756 e. The van der Waals surface area contributed by atoms with Crippen LogP contribution in [0.1, 0.15) is 0 Å². The van der Waals surface area contributed by atoms with E-state index in [0.29, 0.717) is 36.7 Å². The van der Waals surface area contributed by atoms with Crippen LogP contribution in [0.15, 0.2) is 72.8 Å². The van der Waals surface area contributed by atoms with E-state index in [0.717, 1.165) is 4.90 Å². The second kappa shape index (κ2) is 29.2. The lowest BCUT2D eigenvalue weighted by Crippen LogP contribution is -3.14. The molecule has 0 aliphatic rings. The lowest BCUT2D eigenvalue weighted by molar-refractivity contribution is -0.896. The Hall–Kier alpha value is -6.04. The first-order valence-corrected chi connectivity index (χ1v) is 21.3. The standard InChI is InChI=1S/C27H30N10O9.C2H6OS.2H3O4P.H2O/c38-25(31-19-1-7-22(8-2-19)35(41)42)28-13-16-34(17-14-29-26(39)32-20-3-9-23(10-4-20)36(43)44)18-15-30-27(40)33-21-5-11-24(12-6-21)37(45)46;1-4(2)3;2*1-5(2,3)4;/h1-12H,13-18H2,(H2,28,31,38)(H2,29,32,39)(H2,30,33,40);1-2H3;2*(H3,1,2,3,4);1H2. The SMILES string of the molecule is CS(C)=O.O.O=C(NCC[NH+](CCNC(=O)Nc1ccc([N+](=O)[O-])cc1)CCNC(=O)Nc1ccc([N+](=O)[O-])cc1)Nc1ccc([N+](=O)[O-])cc1.O=P(O)(O)O.O=P([O-])(O)O. The molecule has 0 saturated heterocycles. The molecule has 61 heavy (non-hydrogen) atoms. The van der Waals surface area contributed by atoms with Crippen molar-refractivity contribution < 1.29 is 82.2 Å². The van der Waals surface area contributed by atoms with Crippen molar-refractivity contribution in [1.29, 1.82) is 0 Å². The fraction of sp³-hybridized carbons (Fsp3) is 0.276. The lowest BCUT2D eigenvalue weighted by Gasteiger charge is -2.20. The molecule has 340 valence electrons. The van der Waals surface area contributed by atoms with Gasteiger partial charge in [-0.05, 0) is 36.4 Å². The minimum atomic E-state index is -4.89. The third-order valence-corrected chi connectivity index (χ3v) is 6.30. The van der Waals surface area contributed by atoms with Crippen LogP contribution in [0, 0.1) is 30.3 Å². The van der Waals surface area contributed by atoms with Gasteiger partial charge in [0.15, 0.2) is 0 Å². The molecule has 6 amide bonds. The molecule has 3 aromatic rings. The molecule has 0 bridgehead atoms. The molecule has 0 saturated carbocycles. The fourth-order valence-corrected chi connectivity index (χ4v) is 3.96. The number of hydrogen-bond donors (Lipinski definition) is 12. The van der Waals surface area contributed by atoms with Crippen molar-refractivity contribution in [2.45, 2.75) is 0 Å². The van der Waals surface area contributed by atoms with E-state index in [1.807, 2.05) is 0 Å². The Balaban J connectivity index is 0. The van der Waals surface area contributed by atoms with Gasteiger partial charge in [0.1, 0.15) is 0 Å². The van der Waals surface area contributed by atoms with Crippen molar-refractivity contribution in [1.82, 2.24) is 16.0 Å². The monoisotopic (exact) mass is 930 g/mol. The number of benzene rings is 3. The number of phosphoric acid groups is 2. The van der Waals surface area contributed by atoms with E-state index in [1.54, 1.807) is 12.5 Å². The molecular formula is C29H44N10O19P2S. The molecule has 29 nitrogen and oxygen atoms in total. The summed E-state index contributed by atoms with van der Waals surface area (Å²) in [6.07, 6.45) is 3.28. The van der Waals surface area contributed by atoms with E-state index in [9.17, 15) is 48.9 Å². The number of anilines is 3. The molecule has 0 spiro atoms. The molecular weight excluding hydrogens is 886 g/mol. The Morgan fingerprint density at radius 2 is 0.754 bits per heavy atom. The van der Waals surface area contributed by atoms with Gasteiger partial charge < -0.3 is 71.6 Å². The van der Waals surface area contributed by atoms with Gasteiger partial charge in [-0.1, -0.05) is 0 Å². The molecule has 0 fully saturated rings. The van der Waals surface area contributed by atoms with Crippen LogP contribution in [0.2, 0.25) is 0 Å². The van der Waals surface area contributed by atoms with E-state index in [2.05, 4.69) is 31.9 Å². The van der Waals surface area contributed by atoms with Crippen molar-refractivity contribution in [2.24, 2.45) is 0 Å². The maximum Gasteiger partial charge on any atom is 0.466 e. The molecule has 0 atom stereocenters. The first-order valence-electron chi connectivity index (χ1n) is 16.2. The number of amides is 6. The van der Waals surface area contributed by atoms with Gasteiger partial charge in [-0.2, -0.15) is 0 Å². The molecule has 3 rings (SSSR count). The Labute approximate surface area is 347 Å². The topological polar surface area (TPSA) is 464 Å². The number of nitrogens with one attached hydrogen (secondary N) is 7. The Morgan fingerprint density at radius 1 is 0.574 bits per heavy atom. The summed E-state index contributed by atoms with van der Waals surface area (Å²) in [5.74, 6) is 0. The van der Waals surface area contributed by atoms with Crippen molar-refractivity contribution >= 4 is 78.7 Å². The summed E-state index contributed by atoms with van der Waals surface area (Å²) in [5, 5.41) is 48.2. The van der Waals surface area contributed by atoms with Crippen molar-refractivity contribution in [2.75, 3.05) is 67.7 Å². The predicted octanol–water partition coefficient (Wildman–Crippen LogP) is -1.26. The number of nitro groups is 3. The molecule has 0 aromatic heterocycles. The zero-order chi connectivity index (χ0) is 46.1. The van der Waals surface area contributed by atoms with E-state index < -0.39 is 59.3 Å². The van der Waals surface area contributed by atoms with Crippen molar-refractivity contribution in [3.05, 3.63) is 103 Å². The minimum absolute atomic E-state index is 0. The quantitative estimate of drug-likeness (QED) is 0.0481. The minimum Gasteiger partial charge on any atom is -0.756 e. The van der Waals surface area contributed by atoms with Gasteiger partial charge >= 0.3 is 25.9 Å². The molecule has 3 aromatic carbocycles. The van der Waals surface area contributed by atoms with Crippen molar-refractivity contribution in [3.63, 3.8) is 0 Å². The lowest BCUT2D eigenvalue weighted by atomic mass is 10.3. The smallest absolute Gasteiger partial charge is 0.466 e. The maximum atomic E-state index is 12.3. The van der Waals surface area contributed by atoms with Gasteiger partial charge in [0.05, 0.1) is 54.0 Å². The average Bonchev–Trinajstić information content (AvgIpc) is 3.10. The third kappa shape index (κ3) is 33.5. The number of quaternary nitrogens is 1. The number of non-ortho nitro benzene ring substituents is 3. The van der Waals surface area contributed by atoms with Crippen LogP contribution in [-0.2, 0) is 19.9 Å². The summed E-state index contributed by atoms with van der Waals surface area (Å²) in [4.78, 5) is 113. The molecule has 0 unspecified atom stereocenters. The van der Waals surface area contributed by atoms with Gasteiger partial charge in [-0.25, -0.2) is 18.9 Å². The van der Waals surface area contributed by atoms with Crippen LogP contribution < -0.4 is 41.7 Å². The third-order valence-electron chi connectivity index (χ3n) is 6.30. The number of urea groups is 3. The van der Waals surface area contributed by atoms with Gasteiger partial charge in [-0.15, -0.1) is 0 Å². The number of nitrogens with zero attached hydrogens (tertiary/aromatic N) is 3. The highest BCUT2D eigenvalue weighted by Gasteiger charge is 2.14. The highest BCUT2D eigenvalue weighted by Crippen LogP contribution is 2.26. The number of hydrogen-bond acceptors (Lipinski definition) is 13. The highest BCUT2D eigenvalue weighted by atomic mass is 32.2. The van der Waals surface area contributed by atoms with Gasteiger partial charge in [0.25, 0.3) is 24.9 Å². The Bertz CT molecular complexity index is 1760. The van der Waals surface area contributed by atoms with Gasteiger partial charge in [-0.3, -0.25) is 39.1 Å². The molecule has 0 aliphatic heterocycles. The van der Waals surface area contributed by atoms with Crippen LogP contribution in [0.3, 0.4) is 0 Å². The van der Waals surface area contributed by atoms with Crippen molar-refractivity contribution in [3.8, 4) is 0 Å². The van der Waals surface area contributed by atoms with Crippen LogP contribution in [0.25, 0.3) is 0 Å². The number of carbonyl (C=O) groups is 3. The molecule has 32 heteroatoms. The number of carbonyl (C=O) groups excluding carboxylic acids is 3. The van der Waals surface area contributed by atoms with Crippen LogP contribution in [0.5, 0.6) is 0 Å². The van der Waals surface area contributed by atoms with Gasteiger partial charge in [0, 0.05) is 76.8 Å². The first-order chi connectivity index (χ1) is 27.7. The zero-order valence-corrected chi connectivity index (χ0v) is 34.5. The van der Waals surface area contributed by atoms with E-state index in [1.165, 1.54) is 72.8 Å². The van der Waals surface area contributed by atoms with E-state index >= 15 is 0 Å². The molecule has 14 N–H and O–H groups in total. The number of nitro benzene ring substituents is 3. The summed E-state index contributed by atoms with van der Waals surface area (Å²) in [5.41, 5.74) is 0.733. The summed E-state index contributed by atoms with van der Waals surface area (Å²) in [6, 6.07) is 14.4. The van der Waals surface area contributed by atoms with E-state index in [-0.39, 0.29) is 42.2 Å². The highest BCUT2D eigenvalue weighted by molar-refractivity contribution is 7.83. The maximum absolute atomic E-state index is 12.3. The Morgan fingerprint density at radius 3 is 0.918 bits per heavy atom. The second-order valence-corrected chi connectivity index (χ2v) is 14.8. The summed E-state index contributed by atoms with van der Waals surface area (Å²) < 4.78 is 27.2. The van der Waals surface area contributed by atoms with Gasteiger partial charge in [0.2, 0.25) is 0 Å². The fourth-order valence-electron chi connectivity index (χ4n) is 3.96. The summed E-state index contributed by atoms with van der Waals surface area (Å²) in [6.45, 7) is 1.80. The van der Waals surface area contributed by atoms with Crippen LogP contribution in [0.4, 0.5) is 48.5 Å².